The monoisotopic (exact) mass is 288 g/mol. The Morgan fingerprint density at radius 3 is 2.30 bits per heavy atom. The molecule has 4 nitrogen and oxygen atoms in total. The molecular weight excluding hydrogens is 268 g/mol. The molecule has 2 rings (SSSR count). The van der Waals surface area contributed by atoms with Gasteiger partial charge >= 0.3 is 0 Å². The zero-order valence-electron chi connectivity index (χ0n) is 12.6. The van der Waals surface area contributed by atoms with Crippen molar-refractivity contribution >= 4 is 11.8 Å². The molecule has 106 valence electrons. The summed E-state index contributed by atoms with van der Waals surface area (Å²) in [7, 11) is 1.93. The molecule has 0 bridgehead atoms. The smallest absolute Gasteiger partial charge is 0.194 e. The maximum atomic E-state index is 4.53. The highest BCUT2D eigenvalue weighted by Crippen LogP contribution is 2.27. The molecule has 0 atom stereocenters. The molecule has 0 spiro atoms. The molecule has 0 aromatic carbocycles. The minimum absolute atomic E-state index is 0.766. The van der Waals surface area contributed by atoms with Crippen molar-refractivity contribution in [1.82, 2.24) is 20.3 Å². The number of aryl methyl sites for hydroxylation is 3. The Kier molecular flexibility index (Phi) is 4.73. The largest absolute Gasteiger partial charge is 0.316 e. The standard InChI is InChI=1S/C15H20N4S/c1-9-6-13(7-16-5)8-17-14(9)20-15-18-11(3)10(2)12(4)19-15/h6,8,16H,7H2,1-5H3. The van der Waals surface area contributed by atoms with Gasteiger partial charge in [-0.3, -0.25) is 0 Å². The van der Waals surface area contributed by atoms with Crippen LogP contribution in [0.5, 0.6) is 0 Å². The second-order valence-electron chi connectivity index (χ2n) is 4.90. The highest BCUT2D eigenvalue weighted by Gasteiger charge is 2.09. The summed E-state index contributed by atoms with van der Waals surface area (Å²) >= 11 is 1.52. The SMILES string of the molecule is CNCc1cnc(Sc2nc(C)c(C)c(C)n2)c(C)c1. The van der Waals surface area contributed by atoms with Crippen molar-refractivity contribution in [1.29, 1.82) is 0 Å². The van der Waals surface area contributed by atoms with Crippen molar-refractivity contribution in [3.05, 3.63) is 40.3 Å². The van der Waals surface area contributed by atoms with Gasteiger partial charge in [-0.15, -0.1) is 0 Å². The Balaban J connectivity index is 2.26. The Morgan fingerprint density at radius 2 is 1.75 bits per heavy atom. The minimum atomic E-state index is 0.766. The van der Waals surface area contributed by atoms with Crippen LogP contribution in [0.4, 0.5) is 0 Å². The molecular formula is C15H20N4S. The quantitative estimate of drug-likeness (QED) is 0.877. The first kappa shape index (κ1) is 14.9. The molecule has 0 aliphatic carbocycles. The molecule has 2 heterocycles. The van der Waals surface area contributed by atoms with E-state index in [4.69, 9.17) is 0 Å². The number of pyridine rings is 1. The van der Waals surface area contributed by atoms with Gasteiger partial charge in [-0.2, -0.15) is 0 Å². The lowest BCUT2D eigenvalue weighted by molar-refractivity contribution is 0.806. The van der Waals surface area contributed by atoms with Crippen molar-refractivity contribution in [2.24, 2.45) is 0 Å². The van der Waals surface area contributed by atoms with Gasteiger partial charge in [0.05, 0.1) is 0 Å². The van der Waals surface area contributed by atoms with E-state index in [1.807, 2.05) is 27.1 Å². The fraction of sp³-hybridized carbons (Fsp3) is 0.400. The van der Waals surface area contributed by atoms with Gasteiger partial charge in [-0.25, -0.2) is 15.0 Å². The number of nitrogens with zero attached hydrogens (tertiary/aromatic N) is 3. The van der Waals surface area contributed by atoms with E-state index < -0.39 is 0 Å². The van der Waals surface area contributed by atoms with Crippen molar-refractivity contribution in [3.63, 3.8) is 0 Å². The van der Waals surface area contributed by atoms with Gasteiger partial charge in [-0.1, -0.05) is 6.07 Å². The molecule has 0 radical (unpaired) electrons. The zero-order chi connectivity index (χ0) is 14.7. The lowest BCUT2D eigenvalue weighted by atomic mass is 10.2. The third-order valence-corrected chi connectivity index (χ3v) is 4.25. The molecule has 1 N–H and O–H groups in total. The number of nitrogens with one attached hydrogen (secondary N) is 1. The molecule has 20 heavy (non-hydrogen) atoms. The third-order valence-electron chi connectivity index (χ3n) is 3.27. The highest BCUT2D eigenvalue weighted by molar-refractivity contribution is 7.99. The van der Waals surface area contributed by atoms with Crippen LogP contribution in [0.15, 0.2) is 22.4 Å². The molecule has 0 fully saturated rings. The van der Waals surface area contributed by atoms with E-state index in [1.54, 1.807) is 0 Å². The van der Waals surface area contributed by atoms with Gasteiger partial charge in [0.25, 0.3) is 0 Å². The third kappa shape index (κ3) is 3.35. The summed E-state index contributed by atoms with van der Waals surface area (Å²) in [4.78, 5) is 13.6. The summed E-state index contributed by atoms with van der Waals surface area (Å²) in [6.07, 6.45) is 1.90. The van der Waals surface area contributed by atoms with Gasteiger partial charge < -0.3 is 5.32 Å². The molecule has 0 aliphatic heterocycles. The van der Waals surface area contributed by atoms with Crippen LogP contribution in [-0.2, 0) is 6.54 Å². The van der Waals surface area contributed by atoms with Crippen LogP contribution < -0.4 is 5.32 Å². The second-order valence-corrected chi connectivity index (χ2v) is 5.86. The number of hydrogen-bond donors (Lipinski definition) is 1. The number of hydrogen-bond acceptors (Lipinski definition) is 5. The first-order valence-electron chi connectivity index (χ1n) is 6.61. The van der Waals surface area contributed by atoms with Gasteiger partial charge in [0.1, 0.15) is 5.03 Å². The first-order chi connectivity index (χ1) is 9.51. The average Bonchev–Trinajstić information content (AvgIpc) is 2.39. The second kappa shape index (κ2) is 6.33. The molecule has 0 saturated heterocycles. The van der Waals surface area contributed by atoms with E-state index in [0.717, 1.165) is 39.2 Å². The van der Waals surface area contributed by atoms with Crippen LogP contribution in [0.2, 0.25) is 0 Å². The number of aromatic nitrogens is 3. The van der Waals surface area contributed by atoms with Gasteiger partial charge in [0.2, 0.25) is 0 Å². The normalized spacial score (nSPS) is 10.8. The topological polar surface area (TPSA) is 50.7 Å². The molecule has 0 unspecified atom stereocenters. The molecule has 5 heteroatoms. The fourth-order valence-electron chi connectivity index (χ4n) is 1.90. The van der Waals surface area contributed by atoms with E-state index in [0.29, 0.717) is 0 Å². The van der Waals surface area contributed by atoms with Crippen molar-refractivity contribution in [3.8, 4) is 0 Å². The lowest BCUT2D eigenvalue weighted by Crippen LogP contribution is -2.06. The predicted octanol–water partition coefficient (Wildman–Crippen LogP) is 2.98. The minimum Gasteiger partial charge on any atom is -0.316 e. The molecule has 2 aromatic heterocycles. The maximum absolute atomic E-state index is 4.53. The Morgan fingerprint density at radius 1 is 1.10 bits per heavy atom. The Hall–Kier alpha value is -1.46. The van der Waals surface area contributed by atoms with Crippen LogP contribution in [0.3, 0.4) is 0 Å². The molecule has 0 saturated carbocycles. The van der Waals surface area contributed by atoms with Gasteiger partial charge in [-0.05, 0) is 63.2 Å². The van der Waals surface area contributed by atoms with E-state index in [9.17, 15) is 0 Å². The summed E-state index contributed by atoms with van der Waals surface area (Å²) < 4.78 is 0. The van der Waals surface area contributed by atoms with E-state index in [2.05, 4.69) is 40.2 Å². The van der Waals surface area contributed by atoms with E-state index >= 15 is 0 Å². The summed E-state index contributed by atoms with van der Waals surface area (Å²) in [5.74, 6) is 0. The van der Waals surface area contributed by atoms with Crippen LogP contribution in [0.1, 0.15) is 28.1 Å². The summed E-state index contributed by atoms with van der Waals surface area (Å²) in [5.41, 5.74) is 5.56. The Bertz CT molecular complexity index is 602. The molecule has 0 amide bonds. The average molecular weight is 288 g/mol. The summed E-state index contributed by atoms with van der Waals surface area (Å²) in [6.45, 7) is 8.99. The van der Waals surface area contributed by atoms with Crippen molar-refractivity contribution in [2.45, 2.75) is 44.4 Å². The summed E-state index contributed by atoms with van der Waals surface area (Å²) in [6, 6.07) is 2.15. The van der Waals surface area contributed by atoms with Crippen LogP contribution >= 0.6 is 11.8 Å². The lowest BCUT2D eigenvalue weighted by Gasteiger charge is -2.09. The predicted molar refractivity (Wildman–Crippen MR) is 82.1 cm³/mol. The zero-order valence-corrected chi connectivity index (χ0v) is 13.4. The van der Waals surface area contributed by atoms with Gasteiger partial charge in [0, 0.05) is 24.1 Å². The van der Waals surface area contributed by atoms with Crippen molar-refractivity contribution in [2.75, 3.05) is 7.05 Å². The van der Waals surface area contributed by atoms with Crippen LogP contribution in [0.25, 0.3) is 0 Å². The Labute approximate surface area is 124 Å². The first-order valence-corrected chi connectivity index (χ1v) is 7.42. The van der Waals surface area contributed by atoms with Crippen LogP contribution in [0, 0.1) is 27.7 Å². The van der Waals surface area contributed by atoms with Gasteiger partial charge in [0.15, 0.2) is 5.16 Å². The molecule has 0 aliphatic rings. The van der Waals surface area contributed by atoms with E-state index in [-0.39, 0.29) is 0 Å². The number of rotatable bonds is 4. The summed E-state index contributed by atoms with van der Waals surface area (Å²) in [5, 5.41) is 4.86. The highest BCUT2D eigenvalue weighted by atomic mass is 32.2. The molecule has 2 aromatic rings. The maximum Gasteiger partial charge on any atom is 0.194 e. The van der Waals surface area contributed by atoms with Crippen LogP contribution in [-0.4, -0.2) is 22.0 Å². The van der Waals surface area contributed by atoms with Crippen molar-refractivity contribution < 1.29 is 0 Å². The van der Waals surface area contributed by atoms with E-state index in [1.165, 1.54) is 17.3 Å². The fourth-order valence-corrected chi connectivity index (χ4v) is 2.77.